The number of aryl methyl sites for hydroxylation is 1. The fourth-order valence-electron chi connectivity index (χ4n) is 2.68. The number of ketones is 1. The maximum absolute atomic E-state index is 12.0. The third kappa shape index (κ3) is 3.18. The van der Waals surface area contributed by atoms with Gasteiger partial charge in [-0.3, -0.25) is 9.59 Å². The molecule has 0 amide bonds. The number of carbonyl (C=O) groups excluding carboxylic acids is 1. The SMILES string of the molecule is CC(C)N1CCCc2ccc(C(=O)CCC(=O)O)cc21. The Hall–Kier alpha value is -1.84. The molecule has 108 valence electrons. The number of benzene rings is 1. The van der Waals surface area contributed by atoms with Crippen LogP contribution < -0.4 is 4.90 Å². The van der Waals surface area contributed by atoms with Gasteiger partial charge < -0.3 is 10.0 Å². The number of carboxylic acid groups (broad SMARTS) is 1. The smallest absolute Gasteiger partial charge is 0.303 e. The van der Waals surface area contributed by atoms with Crippen molar-refractivity contribution in [1.29, 1.82) is 0 Å². The van der Waals surface area contributed by atoms with Crippen molar-refractivity contribution in [1.82, 2.24) is 0 Å². The normalized spacial score (nSPS) is 14.2. The summed E-state index contributed by atoms with van der Waals surface area (Å²) in [5.41, 5.74) is 3.03. The van der Waals surface area contributed by atoms with Crippen LogP contribution in [-0.2, 0) is 11.2 Å². The molecule has 0 fully saturated rings. The van der Waals surface area contributed by atoms with Crippen LogP contribution in [-0.4, -0.2) is 29.4 Å². The molecule has 1 aromatic carbocycles. The topological polar surface area (TPSA) is 57.6 Å². The molecule has 4 nitrogen and oxygen atoms in total. The van der Waals surface area contributed by atoms with E-state index < -0.39 is 5.97 Å². The summed E-state index contributed by atoms with van der Waals surface area (Å²) in [5.74, 6) is -1.02. The molecule has 2 rings (SSSR count). The van der Waals surface area contributed by atoms with Crippen molar-refractivity contribution in [2.75, 3.05) is 11.4 Å². The number of aliphatic carboxylic acids is 1. The van der Waals surface area contributed by atoms with Crippen LogP contribution in [0.5, 0.6) is 0 Å². The van der Waals surface area contributed by atoms with Gasteiger partial charge in [0.25, 0.3) is 0 Å². The van der Waals surface area contributed by atoms with Crippen LogP contribution in [0.2, 0.25) is 0 Å². The van der Waals surface area contributed by atoms with Crippen molar-refractivity contribution in [2.24, 2.45) is 0 Å². The highest BCUT2D eigenvalue weighted by atomic mass is 16.4. The lowest BCUT2D eigenvalue weighted by Gasteiger charge is -2.35. The lowest BCUT2D eigenvalue weighted by atomic mass is 9.96. The second-order valence-electron chi connectivity index (χ2n) is 5.55. The van der Waals surface area contributed by atoms with Crippen LogP contribution in [0.3, 0.4) is 0 Å². The Kier molecular flexibility index (Phi) is 4.42. The lowest BCUT2D eigenvalue weighted by Crippen LogP contribution is -2.35. The molecule has 1 heterocycles. The van der Waals surface area contributed by atoms with Crippen LogP contribution in [0.15, 0.2) is 18.2 Å². The van der Waals surface area contributed by atoms with Gasteiger partial charge in [-0.1, -0.05) is 12.1 Å². The van der Waals surface area contributed by atoms with E-state index >= 15 is 0 Å². The standard InChI is InChI=1S/C16H21NO3/c1-11(2)17-9-3-4-12-5-6-13(10-14(12)17)15(18)7-8-16(19)20/h5-6,10-11H,3-4,7-9H2,1-2H3,(H,19,20). The van der Waals surface area contributed by atoms with Crippen molar-refractivity contribution in [2.45, 2.75) is 45.6 Å². The quantitative estimate of drug-likeness (QED) is 0.839. The first-order chi connectivity index (χ1) is 9.49. The highest BCUT2D eigenvalue weighted by Crippen LogP contribution is 2.30. The Balaban J connectivity index is 2.23. The number of carboxylic acids is 1. The van der Waals surface area contributed by atoms with E-state index in [1.807, 2.05) is 18.2 Å². The van der Waals surface area contributed by atoms with Gasteiger partial charge >= 0.3 is 5.97 Å². The second kappa shape index (κ2) is 6.07. The fraction of sp³-hybridized carbons (Fsp3) is 0.500. The summed E-state index contributed by atoms with van der Waals surface area (Å²) in [6.45, 7) is 5.31. The van der Waals surface area contributed by atoms with Gasteiger partial charge in [-0.2, -0.15) is 0 Å². The summed E-state index contributed by atoms with van der Waals surface area (Å²) in [4.78, 5) is 24.9. The Morgan fingerprint density at radius 3 is 2.70 bits per heavy atom. The fourth-order valence-corrected chi connectivity index (χ4v) is 2.68. The number of fused-ring (bicyclic) bond motifs is 1. The van der Waals surface area contributed by atoms with Crippen molar-refractivity contribution >= 4 is 17.4 Å². The highest BCUT2D eigenvalue weighted by Gasteiger charge is 2.20. The molecule has 1 aromatic rings. The van der Waals surface area contributed by atoms with E-state index in [2.05, 4.69) is 18.7 Å². The summed E-state index contributed by atoms with van der Waals surface area (Å²) in [7, 11) is 0. The average molecular weight is 275 g/mol. The van der Waals surface area contributed by atoms with Crippen molar-refractivity contribution in [3.8, 4) is 0 Å². The van der Waals surface area contributed by atoms with Gasteiger partial charge in [0, 0.05) is 30.3 Å². The number of carbonyl (C=O) groups is 2. The number of hydrogen-bond acceptors (Lipinski definition) is 3. The Labute approximate surface area is 119 Å². The maximum Gasteiger partial charge on any atom is 0.303 e. The molecule has 0 aromatic heterocycles. The van der Waals surface area contributed by atoms with E-state index in [4.69, 9.17) is 5.11 Å². The van der Waals surface area contributed by atoms with Gasteiger partial charge in [0.15, 0.2) is 5.78 Å². The van der Waals surface area contributed by atoms with Crippen LogP contribution in [0.25, 0.3) is 0 Å². The summed E-state index contributed by atoms with van der Waals surface area (Å²) >= 11 is 0. The summed E-state index contributed by atoms with van der Waals surface area (Å²) in [6.07, 6.45) is 2.14. The largest absolute Gasteiger partial charge is 0.481 e. The Morgan fingerprint density at radius 2 is 2.05 bits per heavy atom. The van der Waals surface area contributed by atoms with Crippen LogP contribution in [0, 0.1) is 0 Å². The average Bonchev–Trinajstić information content (AvgIpc) is 2.43. The second-order valence-corrected chi connectivity index (χ2v) is 5.55. The van der Waals surface area contributed by atoms with Gasteiger partial charge in [-0.05, 0) is 38.3 Å². The van der Waals surface area contributed by atoms with E-state index in [0.717, 1.165) is 25.1 Å². The minimum Gasteiger partial charge on any atom is -0.481 e. The first kappa shape index (κ1) is 14.6. The third-order valence-corrected chi connectivity index (χ3v) is 3.75. The van der Waals surface area contributed by atoms with E-state index in [1.165, 1.54) is 5.56 Å². The summed E-state index contributed by atoms with van der Waals surface area (Å²) in [5, 5.41) is 8.66. The number of hydrogen-bond donors (Lipinski definition) is 1. The molecule has 0 saturated heterocycles. The zero-order valence-electron chi connectivity index (χ0n) is 12.1. The molecule has 0 radical (unpaired) electrons. The predicted octanol–water partition coefficient (Wildman–Crippen LogP) is 2.90. The minimum atomic E-state index is -0.930. The Bertz CT molecular complexity index is 522. The summed E-state index contributed by atoms with van der Waals surface area (Å²) in [6, 6.07) is 6.17. The third-order valence-electron chi connectivity index (χ3n) is 3.75. The molecular formula is C16H21NO3. The monoisotopic (exact) mass is 275 g/mol. The van der Waals surface area contributed by atoms with Gasteiger partial charge in [0.05, 0.1) is 6.42 Å². The molecule has 0 unspecified atom stereocenters. The van der Waals surface area contributed by atoms with Crippen LogP contribution >= 0.6 is 0 Å². The van der Waals surface area contributed by atoms with Crippen molar-refractivity contribution in [3.63, 3.8) is 0 Å². The maximum atomic E-state index is 12.0. The molecule has 20 heavy (non-hydrogen) atoms. The van der Waals surface area contributed by atoms with E-state index in [-0.39, 0.29) is 18.6 Å². The van der Waals surface area contributed by atoms with Crippen molar-refractivity contribution in [3.05, 3.63) is 29.3 Å². The zero-order valence-corrected chi connectivity index (χ0v) is 12.1. The highest BCUT2D eigenvalue weighted by molar-refractivity contribution is 5.98. The number of anilines is 1. The van der Waals surface area contributed by atoms with Crippen molar-refractivity contribution < 1.29 is 14.7 Å². The van der Waals surface area contributed by atoms with Gasteiger partial charge in [0.2, 0.25) is 0 Å². The number of Topliss-reactive ketones (excluding diaryl/α,β-unsaturated/α-hetero) is 1. The molecule has 0 atom stereocenters. The minimum absolute atomic E-state index is 0.0653. The van der Waals surface area contributed by atoms with Gasteiger partial charge in [-0.15, -0.1) is 0 Å². The molecule has 1 aliphatic rings. The summed E-state index contributed by atoms with van der Waals surface area (Å²) < 4.78 is 0. The molecule has 0 saturated carbocycles. The molecule has 0 spiro atoms. The first-order valence-electron chi connectivity index (χ1n) is 7.13. The molecule has 0 bridgehead atoms. The molecule has 1 aliphatic heterocycles. The van der Waals surface area contributed by atoms with Gasteiger partial charge in [0.1, 0.15) is 0 Å². The first-order valence-corrected chi connectivity index (χ1v) is 7.13. The van der Waals surface area contributed by atoms with Crippen LogP contribution in [0.4, 0.5) is 5.69 Å². The van der Waals surface area contributed by atoms with Crippen LogP contribution in [0.1, 0.15) is 49.0 Å². The molecular weight excluding hydrogens is 254 g/mol. The number of nitrogens with zero attached hydrogens (tertiary/aromatic N) is 1. The van der Waals surface area contributed by atoms with E-state index in [0.29, 0.717) is 11.6 Å². The predicted molar refractivity (Wildman–Crippen MR) is 78.4 cm³/mol. The Morgan fingerprint density at radius 1 is 1.30 bits per heavy atom. The van der Waals surface area contributed by atoms with Gasteiger partial charge in [-0.25, -0.2) is 0 Å². The van der Waals surface area contributed by atoms with E-state index in [9.17, 15) is 9.59 Å². The number of rotatable bonds is 5. The van der Waals surface area contributed by atoms with E-state index in [1.54, 1.807) is 0 Å². The molecule has 1 N–H and O–H groups in total. The molecule has 4 heteroatoms. The lowest BCUT2D eigenvalue weighted by molar-refractivity contribution is -0.136. The molecule has 0 aliphatic carbocycles. The zero-order chi connectivity index (χ0) is 14.7.